The zero-order valence-corrected chi connectivity index (χ0v) is 8.16. The maximum absolute atomic E-state index is 11.3. The van der Waals surface area contributed by atoms with Crippen LogP contribution in [0.2, 0.25) is 0 Å². The van der Waals surface area contributed by atoms with Gasteiger partial charge in [0.1, 0.15) is 15.3 Å². The minimum absolute atomic E-state index is 0.0416. The van der Waals surface area contributed by atoms with Crippen molar-refractivity contribution >= 4 is 22.6 Å². The average molecular weight is 253 g/mol. The molecule has 90 valence electrons. The molecule has 0 aliphatic rings. The van der Waals surface area contributed by atoms with E-state index < -0.39 is 16.9 Å². The summed E-state index contributed by atoms with van der Waals surface area (Å²) in [4.78, 5) is 17.6. The lowest BCUT2D eigenvalue weighted by atomic mass is 10.6. The highest BCUT2D eigenvalue weighted by Crippen LogP contribution is 2.01. The molecule has 0 aromatic carbocycles. The van der Waals surface area contributed by atoms with Crippen LogP contribution in [-0.2, 0) is 0 Å². The number of aromatic amines is 1. The minimum atomic E-state index is -0.460. The predicted octanol–water partition coefficient (Wildman–Crippen LogP) is -4.89. The monoisotopic (exact) mass is 253 g/mol. The van der Waals surface area contributed by atoms with E-state index in [0.717, 1.165) is 0 Å². The fraction of sp³-hybridized carbons (Fsp3) is 0. The molecule has 0 spiro atoms. The Hall–Kier alpha value is -3.32. The van der Waals surface area contributed by atoms with Gasteiger partial charge in [0.25, 0.3) is 0 Å². The average Bonchev–Trinajstić information content (AvgIpc) is 2.26. The van der Waals surface area contributed by atoms with Gasteiger partial charge in [0.05, 0.1) is 10.0 Å². The molecule has 14 nitrogen and oxygen atoms in total. The summed E-state index contributed by atoms with van der Waals surface area (Å²) in [5, 5.41) is 44.4. The molecule has 0 aliphatic heterocycles. The fourth-order valence-corrected chi connectivity index (χ4v) is 1.25. The van der Waals surface area contributed by atoms with Gasteiger partial charge in [0.2, 0.25) is 0 Å². The highest BCUT2D eigenvalue weighted by Gasteiger charge is 2.25. The Morgan fingerprint density at radius 3 is 2.50 bits per heavy atom. The summed E-state index contributed by atoms with van der Waals surface area (Å²) in [6, 6.07) is 0. The molecule has 1 N–H and O–H groups in total. The Bertz CT molecular complexity index is 843. The normalized spacial score (nSPS) is 11.1. The van der Waals surface area contributed by atoms with Crippen LogP contribution in [0.1, 0.15) is 0 Å². The number of hydrogen-bond donors (Lipinski definition) is 1. The first kappa shape index (κ1) is 9.87. The van der Waals surface area contributed by atoms with Crippen molar-refractivity contribution in [3.8, 4) is 0 Å². The Balaban J connectivity index is 2.55. The lowest BCUT2D eigenvalue weighted by Crippen LogP contribution is -2.51. The van der Waals surface area contributed by atoms with E-state index in [0.29, 0.717) is 0 Å². The van der Waals surface area contributed by atoms with E-state index in [1.54, 1.807) is 5.21 Å². The van der Waals surface area contributed by atoms with Gasteiger partial charge in [0, 0.05) is 9.69 Å². The number of rotatable bonds is 0. The third-order valence-electron chi connectivity index (χ3n) is 1.90. The first-order valence-corrected chi connectivity index (χ1v) is 4.27. The molecule has 0 amide bonds. The molecular weight excluding hydrogens is 252 g/mol. The van der Waals surface area contributed by atoms with Crippen molar-refractivity contribution in [3.05, 3.63) is 20.5 Å². The van der Waals surface area contributed by atoms with Crippen LogP contribution in [0.15, 0.2) is 0 Å². The van der Waals surface area contributed by atoms with Crippen LogP contribution < -0.4 is 19.3 Å². The van der Waals surface area contributed by atoms with Crippen LogP contribution in [0.5, 0.6) is 0 Å². The zero-order chi connectivity index (χ0) is 12.9. The van der Waals surface area contributed by atoms with Crippen molar-refractivity contribution in [1.29, 1.82) is 0 Å². The molecule has 18 heavy (non-hydrogen) atoms. The second-order valence-corrected chi connectivity index (χ2v) is 3.00. The van der Waals surface area contributed by atoms with Gasteiger partial charge in [-0.15, -0.1) is 4.98 Å². The van der Waals surface area contributed by atoms with Crippen LogP contribution in [0.4, 0.5) is 0 Å². The number of nitrogens with zero attached hydrogens (tertiary/aromatic N) is 9. The van der Waals surface area contributed by atoms with E-state index in [2.05, 4.69) is 25.4 Å². The summed E-state index contributed by atoms with van der Waals surface area (Å²) < 4.78 is -0.159. The van der Waals surface area contributed by atoms with Crippen LogP contribution in [0.25, 0.3) is 22.6 Å². The zero-order valence-electron chi connectivity index (χ0n) is 8.16. The second kappa shape index (κ2) is 3.09. The molecule has 3 heterocycles. The molecule has 14 heteroatoms. The lowest BCUT2D eigenvalue weighted by molar-refractivity contribution is -0.864. The minimum Gasteiger partial charge on any atom is -0.590 e. The summed E-state index contributed by atoms with van der Waals surface area (Å²) in [5.74, 6) is 0. The van der Waals surface area contributed by atoms with E-state index in [1.807, 2.05) is 0 Å². The Kier molecular flexibility index (Phi) is 1.70. The van der Waals surface area contributed by atoms with Crippen molar-refractivity contribution in [2.24, 2.45) is 0 Å². The number of nitrogens with one attached hydrogen (secondary N) is 1. The molecule has 0 bridgehead atoms. The Morgan fingerprint density at radius 1 is 1.00 bits per heavy atom. The molecule has 0 saturated heterocycles. The van der Waals surface area contributed by atoms with Crippen LogP contribution >= 0.6 is 0 Å². The summed E-state index contributed by atoms with van der Waals surface area (Å²) >= 11 is 0. The van der Waals surface area contributed by atoms with Crippen molar-refractivity contribution in [3.63, 3.8) is 0 Å². The molecule has 0 aliphatic carbocycles. The van der Waals surface area contributed by atoms with Gasteiger partial charge in [-0.25, -0.2) is 0 Å². The van der Waals surface area contributed by atoms with Gasteiger partial charge in [-0.2, -0.15) is 4.98 Å². The third-order valence-corrected chi connectivity index (χ3v) is 1.90. The highest BCUT2D eigenvalue weighted by molar-refractivity contribution is 5.71. The van der Waals surface area contributed by atoms with E-state index in [9.17, 15) is 20.5 Å². The Morgan fingerprint density at radius 2 is 1.72 bits per heavy atom. The van der Waals surface area contributed by atoms with Gasteiger partial charge in [-0.05, 0) is 0 Å². The number of hydrogen-bond acceptors (Lipinski definition) is 9. The summed E-state index contributed by atoms with van der Waals surface area (Å²) in [7, 11) is 0. The van der Waals surface area contributed by atoms with Crippen LogP contribution in [0, 0.1) is 20.5 Å². The van der Waals surface area contributed by atoms with Gasteiger partial charge >= 0.3 is 32.5 Å². The summed E-state index contributed by atoms with van der Waals surface area (Å²) in [6.45, 7) is 0. The van der Waals surface area contributed by atoms with Crippen LogP contribution in [0.3, 0.4) is 0 Å². The first-order chi connectivity index (χ1) is 8.54. The van der Waals surface area contributed by atoms with E-state index in [4.69, 9.17) is 0 Å². The lowest BCUT2D eigenvalue weighted by Gasteiger charge is -1.94. The van der Waals surface area contributed by atoms with Gasteiger partial charge < -0.3 is 15.6 Å². The molecule has 0 fully saturated rings. The SMILES string of the molecule is O=[n+]1nc2nc3n[n+]([O-])n[n+]([O-])c3nc2[n+]([O-])[nH]1. The molecule has 0 unspecified atom stereocenters. The van der Waals surface area contributed by atoms with Gasteiger partial charge in [-0.3, -0.25) is 0 Å². The molecule has 0 saturated carbocycles. The molecule has 0 atom stereocenters. The molecule has 0 radical (unpaired) electrons. The fourth-order valence-electron chi connectivity index (χ4n) is 1.25. The quantitative estimate of drug-likeness (QED) is 0.233. The van der Waals surface area contributed by atoms with E-state index in [1.165, 1.54) is 0 Å². The van der Waals surface area contributed by atoms with Gasteiger partial charge in [-0.1, -0.05) is 0 Å². The summed E-state index contributed by atoms with van der Waals surface area (Å²) in [5.41, 5.74) is -1.67. The largest absolute Gasteiger partial charge is 0.590 e. The highest BCUT2D eigenvalue weighted by atomic mass is 16.6. The smallest absolute Gasteiger partial charge is 0.403 e. The van der Waals surface area contributed by atoms with Crippen molar-refractivity contribution < 1.29 is 19.3 Å². The molecule has 3 aromatic rings. The number of H-pyrrole nitrogens is 1. The molecule has 3 aromatic heterocycles. The van der Waals surface area contributed by atoms with Crippen molar-refractivity contribution in [1.82, 2.24) is 30.6 Å². The van der Waals surface area contributed by atoms with E-state index in [-0.39, 0.29) is 25.0 Å². The maximum Gasteiger partial charge on any atom is 0.403 e. The number of fused-ring (bicyclic) bond motifs is 2. The molecular formula is C4HN10O4+. The van der Waals surface area contributed by atoms with Crippen molar-refractivity contribution in [2.45, 2.75) is 0 Å². The van der Waals surface area contributed by atoms with E-state index >= 15 is 0 Å². The molecule has 3 rings (SSSR count). The third kappa shape index (κ3) is 1.29. The number of aromatic nitrogens is 10. The Labute approximate surface area is 94.0 Å². The first-order valence-electron chi connectivity index (χ1n) is 4.27. The summed E-state index contributed by atoms with van der Waals surface area (Å²) in [6.07, 6.45) is 0. The van der Waals surface area contributed by atoms with Crippen molar-refractivity contribution in [2.75, 3.05) is 0 Å². The second-order valence-electron chi connectivity index (χ2n) is 3.00. The topological polar surface area (TPSA) is 184 Å². The standard InChI is InChI=1S/C4HN10O4/c15-11-3-1(7-13(17)9-11)5-2-4(6-3)12(16)10-14(18)8-2/h(H,5,7,8,9,10,17)/q+1. The van der Waals surface area contributed by atoms with Crippen LogP contribution in [-0.4, -0.2) is 30.6 Å². The predicted molar refractivity (Wildman–Crippen MR) is 45.0 cm³/mol. The maximum atomic E-state index is 11.3. The van der Waals surface area contributed by atoms with Gasteiger partial charge in [0.15, 0.2) is 0 Å².